The standard InChI is InChI=1S/C20H33N5O/c1-4-24-9-11-25(12-10-24)16(2)14-22-20(21-3)23-15-18-13-17-7-5-6-8-19(17)26-18/h5-8,16,18H,4,9-15H2,1-3H3,(H2,21,22,23). The average Bonchev–Trinajstić information content (AvgIpc) is 3.11. The first-order chi connectivity index (χ1) is 12.7. The summed E-state index contributed by atoms with van der Waals surface area (Å²) < 4.78 is 5.99. The molecule has 2 aliphatic rings. The van der Waals surface area contributed by atoms with Gasteiger partial charge >= 0.3 is 0 Å². The maximum absolute atomic E-state index is 5.99. The van der Waals surface area contributed by atoms with Crippen molar-refractivity contribution in [2.45, 2.75) is 32.4 Å². The Kier molecular flexibility index (Phi) is 6.74. The number of benzene rings is 1. The molecule has 6 nitrogen and oxygen atoms in total. The zero-order valence-electron chi connectivity index (χ0n) is 16.4. The van der Waals surface area contributed by atoms with E-state index in [2.05, 4.69) is 51.4 Å². The molecule has 0 saturated carbocycles. The molecular weight excluding hydrogens is 326 g/mol. The molecule has 0 bridgehead atoms. The SMILES string of the molecule is CCN1CCN(C(C)CNC(=NC)NCC2Cc3ccccc3O2)CC1. The monoisotopic (exact) mass is 359 g/mol. The summed E-state index contributed by atoms with van der Waals surface area (Å²) in [7, 11) is 1.82. The van der Waals surface area contributed by atoms with Gasteiger partial charge in [0.25, 0.3) is 0 Å². The van der Waals surface area contributed by atoms with Crippen molar-refractivity contribution in [2.24, 2.45) is 4.99 Å². The van der Waals surface area contributed by atoms with E-state index in [9.17, 15) is 0 Å². The summed E-state index contributed by atoms with van der Waals surface area (Å²) in [5.41, 5.74) is 1.29. The van der Waals surface area contributed by atoms with Crippen LogP contribution < -0.4 is 15.4 Å². The van der Waals surface area contributed by atoms with Gasteiger partial charge in [-0.1, -0.05) is 25.1 Å². The predicted octanol–water partition coefficient (Wildman–Crippen LogP) is 1.18. The first kappa shape index (κ1) is 19.0. The van der Waals surface area contributed by atoms with Gasteiger partial charge in [0.1, 0.15) is 11.9 Å². The smallest absolute Gasteiger partial charge is 0.191 e. The molecule has 1 aromatic carbocycles. The zero-order chi connectivity index (χ0) is 18.4. The molecule has 144 valence electrons. The van der Waals surface area contributed by atoms with E-state index >= 15 is 0 Å². The maximum Gasteiger partial charge on any atom is 0.191 e. The third-order valence-corrected chi connectivity index (χ3v) is 5.48. The van der Waals surface area contributed by atoms with E-state index in [4.69, 9.17) is 4.74 Å². The van der Waals surface area contributed by atoms with Gasteiger partial charge in [-0.05, 0) is 25.1 Å². The van der Waals surface area contributed by atoms with Crippen LogP contribution in [0.25, 0.3) is 0 Å². The van der Waals surface area contributed by atoms with E-state index in [0.29, 0.717) is 6.04 Å². The van der Waals surface area contributed by atoms with Crippen LogP contribution in [0.3, 0.4) is 0 Å². The fourth-order valence-corrected chi connectivity index (χ4v) is 3.69. The number of nitrogens with zero attached hydrogens (tertiary/aromatic N) is 3. The van der Waals surface area contributed by atoms with Crippen molar-refractivity contribution < 1.29 is 4.74 Å². The highest BCUT2D eigenvalue weighted by Gasteiger charge is 2.23. The van der Waals surface area contributed by atoms with Crippen LogP contribution in [-0.2, 0) is 6.42 Å². The summed E-state index contributed by atoms with van der Waals surface area (Å²) >= 11 is 0. The van der Waals surface area contributed by atoms with Gasteiger partial charge < -0.3 is 20.3 Å². The van der Waals surface area contributed by atoms with Gasteiger partial charge in [0.15, 0.2) is 5.96 Å². The Hall–Kier alpha value is -1.79. The Morgan fingerprint density at radius 3 is 2.69 bits per heavy atom. The minimum atomic E-state index is 0.172. The number of ether oxygens (including phenoxy) is 1. The minimum Gasteiger partial charge on any atom is -0.488 e. The topological polar surface area (TPSA) is 52.1 Å². The molecule has 2 atom stereocenters. The summed E-state index contributed by atoms with van der Waals surface area (Å²) in [6.45, 7) is 12.0. The van der Waals surface area contributed by atoms with Crippen LogP contribution >= 0.6 is 0 Å². The number of fused-ring (bicyclic) bond motifs is 1. The van der Waals surface area contributed by atoms with Crippen molar-refractivity contribution in [3.05, 3.63) is 29.8 Å². The van der Waals surface area contributed by atoms with Crippen LogP contribution in [0.1, 0.15) is 19.4 Å². The van der Waals surface area contributed by atoms with Gasteiger partial charge in [-0.3, -0.25) is 9.89 Å². The number of aliphatic imine (C=N–C) groups is 1. The lowest BCUT2D eigenvalue weighted by molar-refractivity contribution is 0.107. The molecule has 2 aliphatic heterocycles. The number of hydrogen-bond acceptors (Lipinski definition) is 4. The van der Waals surface area contributed by atoms with Gasteiger partial charge in [-0.25, -0.2) is 0 Å². The van der Waals surface area contributed by atoms with Gasteiger partial charge in [0, 0.05) is 52.2 Å². The molecule has 2 heterocycles. The molecule has 6 heteroatoms. The van der Waals surface area contributed by atoms with Crippen LogP contribution in [0, 0.1) is 0 Å². The van der Waals surface area contributed by atoms with Crippen LogP contribution in [-0.4, -0.2) is 80.8 Å². The van der Waals surface area contributed by atoms with Crippen LogP contribution in [0.5, 0.6) is 5.75 Å². The molecule has 26 heavy (non-hydrogen) atoms. The van der Waals surface area contributed by atoms with Crippen molar-refractivity contribution in [3.8, 4) is 5.75 Å². The van der Waals surface area contributed by atoms with Gasteiger partial charge in [0.05, 0.1) is 6.54 Å². The van der Waals surface area contributed by atoms with E-state index in [-0.39, 0.29) is 6.10 Å². The normalized spacial score (nSPS) is 22.6. The van der Waals surface area contributed by atoms with Gasteiger partial charge in [-0.15, -0.1) is 0 Å². The maximum atomic E-state index is 5.99. The molecule has 1 aromatic rings. The summed E-state index contributed by atoms with van der Waals surface area (Å²) in [6.07, 6.45) is 1.13. The highest BCUT2D eigenvalue weighted by atomic mass is 16.5. The van der Waals surface area contributed by atoms with Crippen molar-refractivity contribution >= 4 is 5.96 Å². The Balaban J connectivity index is 1.37. The van der Waals surface area contributed by atoms with E-state index in [0.717, 1.165) is 50.9 Å². The summed E-state index contributed by atoms with van der Waals surface area (Å²) in [4.78, 5) is 9.42. The number of likely N-dealkylation sites (N-methyl/N-ethyl adjacent to an activating group) is 1. The third kappa shape index (κ3) is 4.89. The second kappa shape index (κ2) is 9.24. The molecule has 0 aliphatic carbocycles. The minimum absolute atomic E-state index is 0.172. The van der Waals surface area contributed by atoms with E-state index < -0.39 is 0 Å². The molecule has 2 N–H and O–H groups in total. The van der Waals surface area contributed by atoms with Gasteiger partial charge in [-0.2, -0.15) is 0 Å². The van der Waals surface area contributed by atoms with Crippen LogP contribution in [0.2, 0.25) is 0 Å². The van der Waals surface area contributed by atoms with Crippen molar-refractivity contribution in [1.82, 2.24) is 20.4 Å². The molecule has 2 unspecified atom stereocenters. The lowest BCUT2D eigenvalue weighted by Gasteiger charge is -2.37. The first-order valence-corrected chi connectivity index (χ1v) is 9.85. The molecule has 0 aromatic heterocycles. The Morgan fingerprint density at radius 2 is 2.00 bits per heavy atom. The molecule has 0 amide bonds. The lowest BCUT2D eigenvalue weighted by atomic mass is 10.1. The van der Waals surface area contributed by atoms with Crippen LogP contribution in [0.15, 0.2) is 29.3 Å². The highest BCUT2D eigenvalue weighted by Crippen LogP contribution is 2.27. The predicted molar refractivity (Wildman–Crippen MR) is 107 cm³/mol. The largest absolute Gasteiger partial charge is 0.488 e. The summed E-state index contributed by atoms with van der Waals surface area (Å²) in [5.74, 6) is 1.87. The molecule has 0 radical (unpaired) electrons. The molecular formula is C20H33N5O. The fraction of sp³-hybridized carbons (Fsp3) is 0.650. The number of hydrogen-bond donors (Lipinski definition) is 2. The summed E-state index contributed by atoms with van der Waals surface area (Å²) in [5, 5.41) is 6.87. The third-order valence-electron chi connectivity index (χ3n) is 5.48. The number of rotatable bonds is 6. The molecule has 1 fully saturated rings. The Labute approximate surface area is 157 Å². The number of piperazine rings is 1. The fourth-order valence-electron chi connectivity index (χ4n) is 3.69. The molecule has 1 saturated heterocycles. The second-order valence-corrected chi connectivity index (χ2v) is 7.20. The van der Waals surface area contributed by atoms with Gasteiger partial charge in [0.2, 0.25) is 0 Å². The molecule has 0 spiro atoms. The van der Waals surface area contributed by atoms with E-state index in [1.807, 2.05) is 19.2 Å². The zero-order valence-corrected chi connectivity index (χ0v) is 16.4. The Morgan fingerprint density at radius 1 is 1.23 bits per heavy atom. The lowest BCUT2D eigenvalue weighted by Crippen LogP contribution is -2.53. The number of nitrogens with one attached hydrogen (secondary N) is 2. The molecule has 3 rings (SSSR count). The summed E-state index contributed by atoms with van der Waals surface area (Å²) in [6, 6.07) is 8.78. The van der Waals surface area contributed by atoms with Crippen molar-refractivity contribution in [3.63, 3.8) is 0 Å². The number of para-hydroxylation sites is 1. The first-order valence-electron chi connectivity index (χ1n) is 9.85. The van der Waals surface area contributed by atoms with E-state index in [1.54, 1.807) is 0 Å². The number of guanidine groups is 1. The average molecular weight is 360 g/mol. The Bertz CT molecular complexity index is 573. The quantitative estimate of drug-likeness (QED) is 0.590. The van der Waals surface area contributed by atoms with Crippen LogP contribution in [0.4, 0.5) is 0 Å². The van der Waals surface area contributed by atoms with Crippen molar-refractivity contribution in [2.75, 3.05) is 52.9 Å². The van der Waals surface area contributed by atoms with E-state index in [1.165, 1.54) is 18.7 Å². The second-order valence-electron chi connectivity index (χ2n) is 7.20. The van der Waals surface area contributed by atoms with Crippen molar-refractivity contribution in [1.29, 1.82) is 0 Å². The highest BCUT2D eigenvalue weighted by molar-refractivity contribution is 5.79.